The number of alkyl halides is 9. The lowest BCUT2D eigenvalue weighted by Crippen LogP contribution is -2.48. The number of benzene rings is 1. The molecule has 1 aliphatic heterocycles. The average molecular weight is 572 g/mol. The van der Waals surface area contributed by atoms with Gasteiger partial charge in [-0.1, -0.05) is 31.6 Å². The Hall–Kier alpha value is -2.50. The van der Waals surface area contributed by atoms with Gasteiger partial charge in [0.1, 0.15) is 0 Å². The molecule has 0 amide bonds. The van der Waals surface area contributed by atoms with Crippen molar-refractivity contribution in [2.75, 3.05) is 13.7 Å². The number of carbonyl (C=O) groups is 1. The van der Waals surface area contributed by atoms with Crippen LogP contribution in [0, 0.1) is 17.8 Å². The number of methoxy groups -OCH3 is 1. The number of nitrogens with zero attached hydrogens (tertiary/aromatic N) is 1. The lowest BCUT2D eigenvalue weighted by atomic mass is 9.74. The predicted molar refractivity (Wildman–Crippen MR) is 125 cm³/mol. The zero-order valence-corrected chi connectivity index (χ0v) is 21.4. The molecule has 1 aliphatic carbocycles. The standard InChI is InChI=1S/C27H30F9NO2/c1-3-4-21(24(38)39-2)17-11-12-37(23(14-17)16-5-7-19(8-6-16)25(28,29)30)15-18-13-20(26(31,32)33)9-10-22(18)27(34,35)36/h5,7-10,13,16-17,21,23H,3-4,6,11-12,14-15H2,1-2H3/t16?,17-,21?,23+/m0/s1. The number of esters is 1. The fraction of sp³-hybridized carbons (Fsp3) is 0.593. The Morgan fingerprint density at radius 3 is 2.26 bits per heavy atom. The number of carbonyl (C=O) groups excluding carboxylic acids is 1. The molecule has 0 spiro atoms. The molecule has 218 valence electrons. The van der Waals surface area contributed by atoms with E-state index in [1.54, 1.807) is 4.90 Å². The fourth-order valence-electron chi connectivity index (χ4n) is 5.62. The maximum Gasteiger partial charge on any atom is 0.416 e. The van der Waals surface area contributed by atoms with Crippen molar-refractivity contribution >= 4 is 5.97 Å². The normalized spacial score (nSPS) is 23.9. The number of hydrogen-bond donors (Lipinski definition) is 0. The van der Waals surface area contributed by atoms with Crippen LogP contribution in [0.5, 0.6) is 0 Å². The van der Waals surface area contributed by atoms with Crippen molar-refractivity contribution < 1.29 is 49.0 Å². The molecule has 1 aromatic carbocycles. The molecule has 0 radical (unpaired) electrons. The molecule has 2 aliphatic rings. The molecule has 0 N–H and O–H groups in total. The number of rotatable bonds is 7. The lowest BCUT2D eigenvalue weighted by molar-refractivity contribution is -0.149. The average Bonchev–Trinajstić information content (AvgIpc) is 2.85. The third kappa shape index (κ3) is 7.58. The van der Waals surface area contributed by atoms with Gasteiger partial charge in [-0.25, -0.2) is 0 Å². The maximum atomic E-state index is 13.7. The van der Waals surface area contributed by atoms with Crippen LogP contribution >= 0.6 is 0 Å². The van der Waals surface area contributed by atoms with Gasteiger partial charge in [-0.2, -0.15) is 39.5 Å². The number of allylic oxidation sites excluding steroid dienone is 3. The van der Waals surface area contributed by atoms with Gasteiger partial charge in [0.05, 0.1) is 29.7 Å². The Labute approximate surface area is 220 Å². The van der Waals surface area contributed by atoms with Crippen molar-refractivity contribution in [3.05, 3.63) is 58.7 Å². The van der Waals surface area contributed by atoms with E-state index in [1.807, 2.05) is 6.92 Å². The molecule has 4 atom stereocenters. The highest BCUT2D eigenvalue weighted by atomic mass is 19.4. The van der Waals surface area contributed by atoms with E-state index in [0.29, 0.717) is 37.5 Å². The van der Waals surface area contributed by atoms with Gasteiger partial charge >= 0.3 is 24.5 Å². The third-order valence-electron chi connectivity index (χ3n) is 7.54. The van der Waals surface area contributed by atoms with Crippen LogP contribution in [0.3, 0.4) is 0 Å². The molecule has 0 aromatic heterocycles. The lowest BCUT2D eigenvalue weighted by Gasteiger charge is -2.45. The van der Waals surface area contributed by atoms with Crippen molar-refractivity contribution in [2.24, 2.45) is 17.8 Å². The van der Waals surface area contributed by atoms with E-state index in [9.17, 15) is 44.3 Å². The molecule has 1 fully saturated rings. The molecule has 39 heavy (non-hydrogen) atoms. The Balaban J connectivity index is 1.98. The van der Waals surface area contributed by atoms with E-state index in [2.05, 4.69) is 0 Å². The molecule has 3 nitrogen and oxygen atoms in total. The van der Waals surface area contributed by atoms with Crippen LogP contribution in [0.2, 0.25) is 0 Å². The summed E-state index contributed by atoms with van der Waals surface area (Å²) in [5.41, 5.74) is -3.83. The highest BCUT2D eigenvalue weighted by Gasteiger charge is 2.42. The molecule has 1 aromatic rings. The Kier molecular flexibility index (Phi) is 9.50. The quantitative estimate of drug-likeness (QED) is 0.246. The number of hydrogen-bond acceptors (Lipinski definition) is 3. The van der Waals surface area contributed by atoms with Crippen molar-refractivity contribution in [1.82, 2.24) is 4.90 Å². The van der Waals surface area contributed by atoms with E-state index < -0.39 is 71.2 Å². The van der Waals surface area contributed by atoms with Gasteiger partial charge in [0.25, 0.3) is 0 Å². The van der Waals surface area contributed by atoms with Crippen LogP contribution in [0.25, 0.3) is 0 Å². The van der Waals surface area contributed by atoms with Gasteiger partial charge < -0.3 is 4.74 Å². The third-order valence-corrected chi connectivity index (χ3v) is 7.54. The monoisotopic (exact) mass is 571 g/mol. The van der Waals surface area contributed by atoms with E-state index in [4.69, 9.17) is 4.74 Å². The zero-order valence-electron chi connectivity index (χ0n) is 21.4. The largest absolute Gasteiger partial charge is 0.469 e. The fourth-order valence-corrected chi connectivity index (χ4v) is 5.62. The Morgan fingerprint density at radius 2 is 1.74 bits per heavy atom. The van der Waals surface area contributed by atoms with Crippen LogP contribution in [0.1, 0.15) is 55.7 Å². The Bertz CT molecular complexity index is 1070. The number of halogens is 9. The van der Waals surface area contributed by atoms with E-state index in [0.717, 1.165) is 12.2 Å². The predicted octanol–water partition coefficient (Wildman–Crippen LogP) is 7.96. The van der Waals surface area contributed by atoms with Gasteiger partial charge in [0.2, 0.25) is 0 Å². The van der Waals surface area contributed by atoms with Crippen molar-refractivity contribution in [3.8, 4) is 0 Å². The van der Waals surface area contributed by atoms with Gasteiger partial charge in [-0.15, -0.1) is 0 Å². The van der Waals surface area contributed by atoms with Crippen molar-refractivity contribution in [2.45, 2.75) is 70.1 Å². The molecule has 1 heterocycles. The van der Waals surface area contributed by atoms with Crippen LogP contribution < -0.4 is 0 Å². The minimum absolute atomic E-state index is 0.0510. The summed E-state index contributed by atoms with van der Waals surface area (Å²) in [6, 6.07) is 0.673. The first-order valence-corrected chi connectivity index (χ1v) is 12.6. The summed E-state index contributed by atoms with van der Waals surface area (Å²) in [5, 5.41) is 0. The minimum Gasteiger partial charge on any atom is -0.469 e. The summed E-state index contributed by atoms with van der Waals surface area (Å²) < 4.78 is 126. The molecule has 3 rings (SSSR count). The second-order valence-electron chi connectivity index (χ2n) is 10.0. The number of likely N-dealkylation sites (tertiary alicyclic amines) is 1. The van der Waals surface area contributed by atoms with Gasteiger partial charge in [-0.3, -0.25) is 9.69 Å². The second kappa shape index (κ2) is 11.9. The zero-order chi connectivity index (χ0) is 29.2. The highest BCUT2D eigenvalue weighted by Crippen LogP contribution is 2.42. The molecule has 12 heteroatoms. The number of ether oxygens (including phenoxy) is 1. The van der Waals surface area contributed by atoms with Crippen LogP contribution in [0.15, 0.2) is 42.0 Å². The maximum absolute atomic E-state index is 13.7. The number of piperidine rings is 1. The van der Waals surface area contributed by atoms with Crippen LogP contribution in [0.4, 0.5) is 39.5 Å². The molecular formula is C27H30F9NO2. The van der Waals surface area contributed by atoms with E-state index >= 15 is 0 Å². The van der Waals surface area contributed by atoms with Crippen LogP contribution in [-0.4, -0.2) is 36.7 Å². The second-order valence-corrected chi connectivity index (χ2v) is 10.0. The van der Waals surface area contributed by atoms with E-state index in [1.165, 1.54) is 13.2 Å². The molecule has 0 saturated carbocycles. The summed E-state index contributed by atoms with van der Waals surface area (Å²) in [6.45, 7) is 1.55. The van der Waals surface area contributed by atoms with Crippen molar-refractivity contribution in [1.29, 1.82) is 0 Å². The summed E-state index contributed by atoms with van der Waals surface area (Å²) >= 11 is 0. The molecule has 0 bridgehead atoms. The van der Waals surface area contributed by atoms with Gasteiger partial charge in [-0.05, 0) is 67.8 Å². The summed E-state index contributed by atoms with van der Waals surface area (Å²) in [4.78, 5) is 14.1. The highest BCUT2D eigenvalue weighted by molar-refractivity contribution is 5.72. The molecule has 2 unspecified atom stereocenters. The van der Waals surface area contributed by atoms with Crippen LogP contribution in [-0.2, 0) is 28.4 Å². The first-order valence-electron chi connectivity index (χ1n) is 12.6. The smallest absolute Gasteiger partial charge is 0.416 e. The summed E-state index contributed by atoms with van der Waals surface area (Å²) in [7, 11) is 1.25. The molecular weight excluding hydrogens is 541 g/mol. The van der Waals surface area contributed by atoms with E-state index in [-0.39, 0.29) is 25.3 Å². The SMILES string of the molecule is CCCC(C(=O)OC)[C@H]1CCN(Cc2cc(C(F)(F)F)ccc2C(F)(F)F)[C@@H](C2C=CC(C(F)(F)F)=CC2)C1. The van der Waals surface area contributed by atoms with Crippen molar-refractivity contribution in [3.63, 3.8) is 0 Å². The summed E-state index contributed by atoms with van der Waals surface area (Å²) in [6.07, 6.45) is -9.29. The van der Waals surface area contributed by atoms with Gasteiger partial charge in [0, 0.05) is 12.6 Å². The molecule has 1 saturated heterocycles. The Morgan fingerprint density at radius 1 is 1.05 bits per heavy atom. The minimum atomic E-state index is -4.90. The first kappa shape index (κ1) is 31.0. The topological polar surface area (TPSA) is 29.5 Å². The van der Waals surface area contributed by atoms with Gasteiger partial charge in [0.15, 0.2) is 0 Å². The first-order chi connectivity index (χ1) is 18.1. The summed E-state index contributed by atoms with van der Waals surface area (Å²) in [5.74, 6) is -1.73.